The van der Waals surface area contributed by atoms with Gasteiger partial charge in [0.25, 0.3) is 0 Å². The van der Waals surface area contributed by atoms with Crippen molar-refractivity contribution < 1.29 is 4.79 Å². The Morgan fingerprint density at radius 1 is 1.38 bits per heavy atom. The minimum atomic E-state index is -0.129. The van der Waals surface area contributed by atoms with Gasteiger partial charge in [-0.1, -0.05) is 32.0 Å². The SMILES string of the molecule is CC(=O)C1(Sc2ccccc2)CC1C(C)C. The van der Waals surface area contributed by atoms with E-state index in [0.29, 0.717) is 17.6 Å². The van der Waals surface area contributed by atoms with Crippen LogP contribution in [0.3, 0.4) is 0 Å². The van der Waals surface area contributed by atoms with Crippen molar-refractivity contribution in [3.05, 3.63) is 30.3 Å². The van der Waals surface area contributed by atoms with Crippen molar-refractivity contribution in [1.29, 1.82) is 0 Å². The second kappa shape index (κ2) is 4.25. The van der Waals surface area contributed by atoms with Crippen molar-refractivity contribution in [3.63, 3.8) is 0 Å². The van der Waals surface area contributed by atoms with Gasteiger partial charge in [-0.15, -0.1) is 11.8 Å². The highest BCUT2D eigenvalue weighted by Gasteiger charge is 2.59. The Bertz CT molecular complexity index is 385. The maximum Gasteiger partial charge on any atom is 0.146 e. The van der Waals surface area contributed by atoms with E-state index in [1.807, 2.05) is 18.2 Å². The van der Waals surface area contributed by atoms with Crippen molar-refractivity contribution in [1.82, 2.24) is 0 Å². The number of ketones is 1. The third-order valence-corrected chi connectivity index (χ3v) is 5.03. The molecule has 16 heavy (non-hydrogen) atoms. The first-order valence-electron chi connectivity index (χ1n) is 5.81. The highest BCUT2D eigenvalue weighted by molar-refractivity contribution is 8.01. The summed E-state index contributed by atoms with van der Waals surface area (Å²) < 4.78 is -0.129. The molecule has 2 atom stereocenters. The lowest BCUT2D eigenvalue weighted by molar-refractivity contribution is -0.117. The summed E-state index contributed by atoms with van der Waals surface area (Å²) in [6.07, 6.45) is 1.04. The van der Waals surface area contributed by atoms with Crippen molar-refractivity contribution in [3.8, 4) is 0 Å². The van der Waals surface area contributed by atoms with Crippen LogP contribution in [0.5, 0.6) is 0 Å². The quantitative estimate of drug-likeness (QED) is 0.788. The lowest BCUT2D eigenvalue weighted by Crippen LogP contribution is -2.20. The summed E-state index contributed by atoms with van der Waals surface area (Å²) in [5.41, 5.74) is 0. The van der Waals surface area contributed by atoms with Crippen LogP contribution < -0.4 is 0 Å². The minimum Gasteiger partial charge on any atom is -0.298 e. The molecule has 0 N–H and O–H groups in total. The van der Waals surface area contributed by atoms with E-state index in [4.69, 9.17) is 0 Å². The molecule has 1 nitrogen and oxygen atoms in total. The highest BCUT2D eigenvalue weighted by Crippen LogP contribution is 2.60. The smallest absolute Gasteiger partial charge is 0.146 e. The molecule has 0 aromatic heterocycles. The molecule has 1 aliphatic carbocycles. The Hall–Kier alpha value is -0.760. The Morgan fingerprint density at radius 2 is 2.00 bits per heavy atom. The molecule has 86 valence electrons. The summed E-state index contributed by atoms with van der Waals surface area (Å²) in [4.78, 5) is 13.0. The summed E-state index contributed by atoms with van der Waals surface area (Å²) in [5, 5.41) is 0. The number of carbonyl (C=O) groups is 1. The first-order chi connectivity index (χ1) is 7.56. The molecule has 2 heteroatoms. The maximum atomic E-state index is 11.8. The Morgan fingerprint density at radius 3 is 2.44 bits per heavy atom. The van der Waals surface area contributed by atoms with E-state index in [2.05, 4.69) is 26.0 Å². The predicted octanol–water partition coefficient (Wildman–Crippen LogP) is 3.78. The van der Waals surface area contributed by atoms with E-state index in [0.717, 1.165) is 6.42 Å². The van der Waals surface area contributed by atoms with Gasteiger partial charge in [-0.3, -0.25) is 4.79 Å². The number of Topliss-reactive ketones (excluding diaryl/α,β-unsaturated/α-hetero) is 1. The Kier molecular flexibility index (Phi) is 3.11. The number of carbonyl (C=O) groups excluding carboxylic acids is 1. The number of thioether (sulfide) groups is 1. The minimum absolute atomic E-state index is 0.129. The van der Waals surface area contributed by atoms with E-state index in [1.165, 1.54) is 4.90 Å². The van der Waals surface area contributed by atoms with Gasteiger partial charge < -0.3 is 0 Å². The molecule has 0 amide bonds. The zero-order chi connectivity index (χ0) is 11.8. The normalized spacial score (nSPS) is 28.1. The van der Waals surface area contributed by atoms with Crippen LogP contribution in [0, 0.1) is 11.8 Å². The van der Waals surface area contributed by atoms with Crippen LogP contribution in [0.1, 0.15) is 27.2 Å². The van der Waals surface area contributed by atoms with Crippen molar-refractivity contribution >= 4 is 17.5 Å². The van der Waals surface area contributed by atoms with Crippen LogP contribution in [0.2, 0.25) is 0 Å². The topological polar surface area (TPSA) is 17.1 Å². The number of rotatable bonds is 4. The molecule has 0 heterocycles. The first-order valence-corrected chi connectivity index (χ1v) is 6.63. The summed E-state index contributed by atoms with van der Waals surface area (Å²) in [5.74, 6) is 1.48. The molecule has 1 aromatic rings. The van der Waals surface area contributed by atoms with Gasteiger partial charge in [-0.05, 0) is 37.3 Å². The van der Waals surface area contributed by atoms with Crippen LogP contribution >= 0.6 is 11.8 Å². The summed E-state index contributed by atoms with van der Waals surface area (Å²) >= 11 is 1.75. The van der Waals surface area contributed by atoms with Gasteiger partial charge in [0, 0.05) is 4.90 Å². The molecule has 0 aliphatic heterocycles. The molecule has 1 fully saturated rings. The van der Waals surface area contributed by atoms with Crippen LogP contribution in [0.15, 0.2) is 35.2 Å². The molecule has 0 spiro atoms. The van der Waals surface area contributed by atoms with Crippen molar-refractivity contribution in [2.75, 3.05) is 0 Å². The second-order valence-electron chi connectivity index (χ2n) is 4.92. The molecular weight excluding hydrogens is 216 g/mol. The Labute approximate surface area is 102 Å². The average Bonchev–Trinajstić information content (AvgIpc) is 2.95. The van der Waals surface area contributed by atoms with Gasteiger partial charge in [0.2, 0.25) is 0 Å². The molecular formula is C14H18OS. The molecule has 0 bridgehead atoms. The van der Waals surface area contributed by atoms with Gasteiger partial charge in [-0.25, -0.2) is 0 Å². The summed E-state index contributed by atoms with van der Waals surface area (Å²) in [7, 11) is 0. The van der Waals surface area contributed by atoms with Gasteiger partial charge >= 0.3 is 0 Å². The fraction of sp³-hybridized carbons (Fsp3) is 0.500. The third-order valence-electron chi connectivity index (χ3n) is 3.41. The second-order valence-corrected chi connectivity index (χ2v) is 6.32. The fourth-order valence-electron chi connectivity index (χ4n) is 2.33. The largest absolute Gasteiger partial charge is 0.298 e. The maximum absolute atomic E-state index is 11.8. The van der Waals surface area contributed by atoms with E-state index >= 15 is 0 Å². The molecule has 2 unspecified atom stereocenters. The van der Waals surface area contributed by atoms with Crippen molar-refractivity contribution in [2.45, 2.75) is 36.8 Å². The van der Waals surface area contributed by atoms with Crippen molar-refractivity contribution in [2.24, 2.45) is 11.8 Å². The molecule has 2 rings (SSSR count). The van der Waals surface area contributed by atoms with Gasteiger partial charge in [0.05, 0.1) is 4.75 Å². The molecule has 1 aromatic carbocycles. The van der Waals surface area contributed by atoms with Gasteiger partial charge in [0.15, 0.2) is 0 Å². The average molecular weight is 234 g/mol. The fourth-order valence-corrected chi connectivity index (χ4v) is 3.88. The van der Waals surface area contributed by atoms with Crippen LogP contribution in [0.25, 0.3) is 0 Å². The van der Waals surface area contributed by atoms with E-state index in [1.54, 1.807) is 18.7 Å². The number of hydrogen-bond acceptors (Lipinski definition) is 2. The monoisotopic (exact) mass is 234 g/mol. The Balaban J connectivity index is 2.16. The highest BCUT2D eigenvalue weighted by atomic mass is 32.2. The molecule has 0 radical (unpaired) electrons. The van der Waals surface area contributed by atoms with E-state index in [-0.39, 0.29) is 4.75 Å². The molecule has 1 aliphatic rings. The molecule has 1 saturated carbocycles. The lowest BCUT2D eigenvalue weighted by Gasteiger charge is -2.15. The standard InChI is InChI=1S/C14H18OS/c1-10(2)13-9-14(13,11(3)15)16-12-7-5-4-6-8-12/h4-8,10,13H,9H2,1-3H3. The van der Waals surface area contributed by atoms with Crippen LogP contribution in [0.4, 0.5) is 0 Å². The van der Waals surface area contributed by atoms with Crippen LogP contribution in [-0.4, -0.2) is 10.5 Å². The zero-order valence-corrected chi connectivity index (χ0v) is 10.9. The third kappa shape index (κ3) is 2.03. The first kappa shape index (κ1) is 11.7. The molecule has 0 saturated heterocycles. The lowest BCUT2D eigenvalue weighted by atomic mass is 10.1. The van der Waals surface area contributed by atoms with Gasteiger partial charge in [0.1, 0.15) is 5.78 Å². The van der Waals surface area contributed by atoms with Gasteiger partial charge in [-0.2, -0.15) is 0 Å². The summed E-state index contributed by atoms with van der Waals surface area (Å²) in [6.45, 7) is 6.15. The number of benzene rings is 1. The zero-order valence-electron chi connectivity index (χ0n) is 10.1. The number of hydrogen-bond donors (Lipinski definition) is 0. The van der Waals surface area contributed by atoms with E-state index in [9.17, 15) is 4.79 Å². The van der Waals surface area contributed by atoms with Crippen LogP contribution in [-0.2, 0) is 4.79 Å². The van der Waals surface area contributed by atoms with E-state index < -0.39 is 0 Å². The summed E-state index contributed by atoms with van der Waals surface area (Å²) in [6, 6.07) is 10.2. The predicted molar refractivity (Wildman–Crippen MR) is 68.7 cm³/mol.